The van der Waals surface area contributed by atoms with Crippen molar-refractivity contribution in [2.75, 3.05) is 12.4 Å². The Kier molecular flexibility index (Phi) is 8.12. The van der Waals surface area contributed by atoms with E-state index in [1.54, 1.807) is 6.07 Å². The molecule has 0 saturated heterocycles. The maximum Gasteiger partial charge on any atom is 0.413 e. The summed E-state index contributed by atoms with van der Waals surface area (Å²) in [6.45, 7) is 1.49. The predicted molar refractivity (Wildman–Crippen MR) is 127 cm³/mol. The predicted octanol–water partition coefficient (Wildman–Crippen LogP) is 2.79. The Morgan fingerprint density at radius 1 is 1.17 bits per heavy atom. The Balaban J connectivity index is 1.71. The van der Waals surface area contributed by atoms with Crippen LogP contribution in [-0.4, -0.2) is 39.0 Å². The summed E-state index contributed by atoms with van der Waals surface area (Å²) in [7, 11) is 1.45. The lowest BCUT2D eigenvalue weighted by Crippen LogP contribution is -2.39. The number of hydrogen-bond donors (Lipinski definition) is 4. The minimum atomic E-state index is -0.925. The molecule has 13 heteroatoms. The van der Waals surface area contributed by atoms with Gasteiger partial charge in [-0.25, -0.2) is 20.6 Å². The lowest BCUT2D eigenvalue weighted by atomic mass is 10.2. The number of anilines is 1. The first kappa shape index (κ1) is 25.3. The van der Waals surface area contributed by atoms with Crippen LogP contribution in [0.15, 0.2) is 60.8 Å². The number of nitrogens with two attached hydrogens (primary N) is 2. The standard InChI is InChI=1S/C22H22ClFN8O3/c1-12(15-4-3-8-28-19(15)24)35-22(34)31-20(32(2)26)18(25)16-6-5-14(11-29-16)30-21(33)13-7-9-27-17(23)10-13/h3-12H,25-26H2,1-2H3,(H,30,33)(H,31,34)/b20-18-/t12-/m1/s1. The molecule has 1 atom stereocenters. The number of nitrogens with zero attached hydrogens (tertiary/aromatic N) is 4. The van der Waals surface area contributed by atoms with Crippen molar-refractivity contribution in [2.45, 2.75) is 13.0 Å². The van der Waals surface area contributed by atoms with Crippen LogP contribution in [0.25, 0.3) is 5.70 Å². The third-order valence-corrected chi connectivity index (χ3v) is 4.83. The summed E-state index contributed by atoms with van der Waals surface area (Å²) in [5, 5.41) is 6.36. The molecule has 0 radical (unpaired) electrons. The molecule has 0 saturated carbocycles. The molecule has 2 amide bonds. The second-order valence-electron chi connectivity index (χ2n) is 7.18. The third-order valence-electron chi connectivity index (χ3n) is 4.62. The molecule has 3 heterocycles. The van der Waals surface area contributed by atoms with E-state index in [-0.39, 0.29) is 27.9 Å². The number of alkyl carbamates (subject to hydrolysis) is 1. The molecule has 0 fully saturated rings. The number of hydrogen-bond acceptors (Lipinski definition) is 9. The summed E-state index contributed by atoms with van der Waals surface area (Å²) in [6, 6.07) is 9.01. The molecule has 0 aliphatic carbocycles. The van der Waals surface area contributed by atoms with Gasteiger partial charge in [0.15, 0.2) is 5.82 Å². The molecule has 0 spiro atoms. The van der Waals surface area contributed by atoms with Gasteiger partial charge in [0.05, 0.1) is 17.6 Å². The van der Waals surface area contributed by atoms with Gasteiger partial charge in [-0.05, 0) is 43.3 Å². The number of aromatic nitrogens is 3. The number of carbonyl (C=O) groups excluding carboxylic acids is 2. The summed E-state index contributed by atoms with van der Waals surface area (Å²) in [5.41, 5.74) is 7.26. The number of amides is 2. The van der Waals surface area contributed by atoms with Crippen LogP contribution in [0.3, 0.4) is 0 Å². The van der Waals surface area contributed by atoms with Crippen molar-refractivity contribution in [1.29, 1.82) is 0 Å². The maximum atomic E-state index is 13.8. The monoisotopic (exact) mass is 500 g/mol. The quantitative estimate of drug-likeness (QED) is 0.217. The van der Waals surface area contributed by atoms with Crippen molar-refractivity contribution in [3.8, 4) is 0 Å². The SMILES string of the molecule is C[C@@H](OC(=O)N/C(=C(/N)c1ccc(NC(=O)c2ccnc(Cl)c2)cn1)N(C)N)c1cccnc1F. The lowest BCUT2D eigenvalue weighted by molar-refractivity contribution is 0.102. The highest BCUT2D eigenvalue weighted by atomic mass is 35.5. The average molecular weight is 501 g/mol. The van der Waals surface area contributed by atoms with Gasteiger partial charge >= 0.3 is 6.09 Å². The Morgan fingerprint density at radius 3 is 2.57 bits per heavy atom. The van der Waals surface area contributed by atoms with Crippen LogP contribution in [0.5, 0.6) is 0 Å². The molecular weight excluding hydrogens is 479 g/mol. The second-order valence-corrected chi connectivity index (χ2v) is 7.57. The van der Waals surface area contributed by atoms with E-state index in [1.807, 2.05) is 0 Å². The van der Waals surface area contributed by atoms with Crippen LogP contribution in [0.1, 0.15) is 34.6 Å². The molecule has 0 aliphatic rings. The molecule has 0 aliphatic heterocycles. The highest BCUT2D eigenvalue weighted by Crippen LogP contribution is 2.19. The average Bonchev–Trinajstić information content (AvgIpc) is 2.82. The number of halogens is 2. The molecule has 0 bridgehead atoms. The fourth-order valence-corrected chi connectivity index (χ4v) is 3.07. The van der Waals surface area contributed by atoms with E-state index in [0.717, 1.165) is 5.01 Å². The summed E-state index contributed by atoms with van der Waals surface area (Å²) in [5.74, 6) is 4.65. The van der Waals surface area contributed by atoms with Crippen molar-refractivity contribution in [2.24, 2.45) is 11.6 Å². The van der Waals surface area contributed by atoms with E-state index in [0.29, 0.717) is 11.3 Å². The second kappa shape index (κ2) is 11.2. The van der Waals surface area contributed by atoms with Crippen molar-refractivity contribution in [3.63, 3.8) is 0 Å². The highest BCUT2D eigenvalue weighted by molar-refractivity contribution is 6.29. The third kappa shape index (κ3) is 6.62. The van der Waals surface area contributed by atoms with Crippen LogP contribution < -0.4 is 22.2 Å². The highest BCUT2D eigenvalue weighted by Gasteiger charge is 2.19. The minimum Gasteiger partial charge on any atom is -0.441 e. The number of pyridine rings is 3. The fourth-order valence-electron chi connectivity index (χ4n) is 2.89. The molecule has 0 unspecified atom stereocenters. The van der Waals surface area contributed by atoms with Crippen molar-refractivity contribution in [3.05, 3.63) is 88.7 Å². The summed E-state index contributed by atoms with van der Waals surface area (Å²) in [6.07, 6.45) is 2.24. The molecular formula is C22H22ClFN8O3. The first-order chi connectivity index (χ1) is 16.7. The zero-order valence-electron chi connectivity index (χ0n) is 18.7. The molecule has 11 nitrogen and oxygen atoms in total. The van der Waals surface area contributed by atoms with Crippen molar-refractivity contribution >= 4 is 35.0 Å². The Hall–Kier alpha value is -4.29. The Morgan fingerprint density at radius 2 is 1.94 bits per heavy atom. The van der Waals surface area contributed by atoms with E-state index in [4.69, 9.17) is 27.9 Å². The van der Waals surface area contributed by atoms with Crippen LogP contribution in [0, 0.1) is 5.95 Å². The zero-order chi connectivity index (χ0) is 25.5. The topological polar surface area (TPSA) is 161 Å². The number of ether oxygens (including phenoxy) is 1. The van der Waals surface area contributed by atoms with Gasteiger partial charge in [0, 0.05) is 30.6 Å². The lowest BCUT2D eigenvalue weighted by Gasteiger charge is -2.21. The first-order valence-electron chi connectivity index (χ1n) is 10.1. The van der Waals surface area contributed by atoms with Gasteiger partial charge in [-0.3, -0.25) is 20.1 Å². The Bertz CT molecular complexity index is 1250. The number of carbonyl (C=O) groups is 2. The van der Waals surface area contributed by atoms with Crippen molar-refractivity contribution < 1.29 is 18.7 Å². The van der Waals surface area contributed by atoms with Gasteiger partial charge in [-0.2, -0.15) is 4.39 Å². The Labute approximate surface area is 204 Å². The molecule has 6 N–H and O–H groups in total. The van der Waals surface area contributed by atoms with Gasteiger partial charge < -0.3 is 15.8 Å². The molecule has 3 aromatic rings. The summed E-state index contributed by atoms with van der Waals surface area (Å²) >= 11 is 5.81. The normalized spacial score (nSPS) is 12.3. The number of hydrazine groups is 1. The molecule has 0 aromatic carbocycles. The van der Waals surface area contributed by atoms with Gasteiger partial charge in [0.25, 0.3) is 5.91 Å². The molecule has 182 valence electrons. The van der Waals surface area contributed by atoms with Gasteiger partial charge in [0.2, 0.25) is 5.95 Å². The first-order valence-corrected chi connectivity index (χ1v) is 10.5. The van der Waals surface area contributed by atoms with E-state index in [9.17, 15) is 14.0 Å². The number of nitrogens with one attached hydrogen (secondary N) is 2. The molecule has 3 aromatic heterocycles. The van der Waals surface area contributed by atoms with E-state index in [1.165, 1.54) is 62.9 Å². The summed E-state index contributed by atoms with van der Waals surface area (Å²) in [4.78, 5) is 36.3. The largest absolute Gasteiger partial charge is 0.441 e. The molecule has 35 heavy (non-hydrogen) atoms. The smallest absolute Gasteiger partial charge is 0.413 e. The minimum absolute atomic E-state index is 0.00966. The van der Waals surface area contributed by atoms with Crippen LogP contribution in [0.2, 0.25) is 5.15 Å². The maximum absolute atomic E-state index is 13.8. The van der Waals surface area contributed by atoms with Crippen LogP contribution in [-0.2, 0) is 4.74 Å². The van der Waals surface area contributed by atoms with Crippen molar-refractivity contribution in [1.82, 2.24) is 25.3 Å². The zero-order valence-corrected chi connectivity index (χ0v) is 19.5. The molecule has 3 rings (SSSR count). The van der Waals surface area contributed by atoms with Gasteiger partial charge in [-0.15, -0.1) is 0 Å². The van der Waals surface area contributed by atoms with Crippen LogP contribution in [0.4, 0.5) is 14.9 Å². The fraction of sp³-hybridized carbons (Fsp3) is 0.136. The summed E-state index contributed by atoms with van der Waals surface area (Å²) < 4.78 is 19.0. The number of rotatable bonds is 7. The van der Waals surface area contributed by atoms with E-state index < -0.39 is 24.1 Å². The van der Waals surface area contributed by atoms with E-state index >= 15 is 0 Å². The van der Waals surface area contributed by atoms with Gasteiger partial charge in [0.1, 0.15) is 17.0 Å². The van der Waals surface area contributed by atoms with E-state index in [2.05, 4.69) is 25.6 Å². The van der Waals surface area contributed by atoms with Crippen LogP contribution >= 0.6 is 11.6 Å². The van der Waals surface area contributed by atoms with Gasteiger partial charge in [-0.1, -0.05) is 11.6 Å².